The Kier molecular flexibility index (Phi) is 3.99. The van der Waals surface area contributed by atoms with E-state index in [1.54, 1.807) is 13.0 Å². The van der Waals surface area contributed by atoms with Crippen molar-refractivity contribution < 1.29 is 22.5 Å². The van der Waals surface area contributed by atoms with Crippen LogP contribution >= 0.6 is 0 Å². The lowest BCUT2D eigenvalue weighted by Gasteiger charge is -2.30. The van der Waals surface area contributed by atoms with Gasteiger partial charge in [0.1, 0.15) is 0 Å². The molecule has 23 heavy (non-hydrogen) atoms. The van der Waals surface area contributed by atoms with E-state index in [0.717, 1.165) is 0 Å². The average molecular weight is 327 g/mol. The Labute approximate surface area is 130 Å². The molecule has 2 aromatic rings. The van der Waals surface area contributed by atoms with Gasteiger partial charge in [-0.3, -0.25) is 4.79 Å². The summed E-state index contributed by atoms with van der Waals surface area (Å²) < 4.78 is 42.9. The van der Waals surface area contributed by atoms with Crippen molar-refractivity contribution in [2.45, 2.75) is 44.8 Å². The quantitative estimate of drug-likeness (QED) is 0.918. The van der Waals surface area contributed by atoms with E-state index in [9.17, 15) is 18.0 Å². The maximum absolute atomic E-state index is 12.6. The minimum Gasteiger partial charge on any atom is -0.349 e. The smallest absolute Gasteiger partial charge is 0.349 e. The predicted octanol–water partition coefficient (Wildman–Crippen LogP) is 3.38. The number of carbonyl (C=O) groups excluding carboxylic acids is 1. The third kappa shape index (κ3) is 3.30. The summed E-state index contributed by atoms with van der Waals surface area (Å²) in [7, 11) is 0. The predicted molar refractivity (Wildman–Crippen MR) is 75.8 cm³/mol. The number of alkyl halides is 3. The van der Waals surface area contributed by atoms with Crippen molar-refractivity contribution in [1.82, 2.24) is 15.5 Å². The van der Waals surface area contributed by atoms with Crippen LogP contribution in [0.25, 0.3) is 11.1 Å². The van der Waals surface area contributed by atoms with Crippen LogP contribution in [0.3, 0.4) is 0 Å². The number of rotatable bonds is 2. The summed E-state index contributed by atoms with van der Waals surface area (Å²) in [6.07, 6.45) is -2.00. The van der Waals surface area contributed by atoms with Crippen molar-refractivity contribution in [1.29, 1.82) is 0 Å². The first-order chi connectivity index (χ1) is 10.8. The molecule has 0 spiro atoms. The second-order valence-corrected chi connectivity index (χ2v) is 5.91. The Morgan fingerprint density at radius 1 is 1.30 bits per heavy atom. The van der Waals surface area contributed by atoms with E-state index < -0.39 is 12.1 Å². The largest absolute Gasteiger partial charge is 0.391 e. The van der Waals surface area contributed by atoms with Crippen molar-refractivity contribution in [2.75, 3.05) is 0 Å². The lowest BCUT2D eigenvalue weighted by atomic mass is 9.85. The zero-order chi connectivity index (χ0) is 16.6. The molecule has 1 aliphatic carbocycles. The molecule has 0 atom stereocenters. The normalized spacial score (nSPS) is 22.3. The summed E-state index contributed by atoms with van der Waals surface area (Å²) in [5.41, 5.74) is 1.33. The number of nitrogens with one attached hydrogen (secondary N) is 1. The number of hydrogen-bond acceptors (Lipinski definition) is 4. The van der Waals surface area contributed by atoms with E-state index in [4.69, 9.17) is 4.52 Å². The number of pyridine rings is 1. The van der Waals surface area contributed by atoms with Gasteiger partial charge in [-0.2, -0.15) is 13.2 Å². The molecule has 8 heteroatoms. The van der Waals surface area contributed by atoms with Crippen molar-refractivity contribution in [2.24, 2.45) is 5.92 Å². The fraction of sp³-hybridized carbons (Fsp3) is 0.533. The lowest BCUT2D eigenvalue weighted by molar-refractivity contribution is -0.182. The summed E-state index contributed by atoms with van der Waals surface area (Å²) in [5, 5.41) is 7.20. The summed E-state index contributed by atoms with van der Waals surface area (Å²) in [5.74, 6) is -1.59. The van der Waals surface area contributed by atoms with Crippen LogP contribution in [0, 0.1) is 12.8 Å². The van der Waals surface area contributed by atoms with Gasteiger partial charge in [0.15, 0.2) is 0 Å². The lowest BCUT2D eigenvalue weighted by Crippen LogP contribution is -2.40. The molecule has 0 aliphatic heterocycles. The molecule has 0 bridgehead atoms. The van der Waals surface area contributed by atoms with Crippen molar-refractivity contribution >= 4 is 17.0 Å². The monoisotopic (exact) mass is 327 g/mol. The molecule has 0 unspecified atom stereocenters. The number of halogens is 3. The maximum atomic E-state index is 12.6. The number of hydrogen-bond donors (Lipinski definition) is 1. The first-order valence-corrected chi connectivity index (χ1v) is 7.44. The van der Waals surface area contributed by atoms with Gasteiger partial charge in [-0.1, -0.05) is 5.16 Å². The van der Waals surface area contributed by atoms with Crippen LogP contribution in [0.1, 0.15) is 41.7 Å². The molecular weight excluding hydrogens is 311 g/mol. The number of aryl methyl sites for hydroxylation is 1. The van der Waals surface area contributed by atoms with Crippen LogP contribution in [-0.4, -0.2) is 28.3 Å². The minimum atomic E-state index is -4.14. The van der Waals surface area contributed by atoms with Crippen molar-refractivity contribution in [3.63, 3.8) is 0 Å². The summed E-state index contributed by atoms with van der Waals surface area (Å²) >= 11 is 0. The third-order valence-corrected chi connectivity index (χ3v) is 4.30. The fourth-order valence-electron chi connectivity index (χ4n) is 2.90. The summed E-state index contributed by atoms with van der Waals surface area (Å²) in [4.78, 5) is 16.3. The summed E-state index contributed by atoms with van der Waals surface area (Å²) in [6.45, 7) is 1.74. The van der Waals surface area contributed by atoms with E-state index in [1.165, 1.54) is 6.20 Å². The van der Waals surface area contributed by atoms with Crippen LogP contribution in [-0.2, 0) is 0 Å². The molecule has 124 valence electrons. The van der Waals surface area contributed by atoms with E-state index in [-0.39, 0.29) is 24.8 Å². The van der Waals surface area contributed by atoms with Gasteiger partial charge in [0.25, 0.3) is 11.6 Å². The Bertz CT molecular complexity index is 718. The first-order valence-electron chi connectivity index (χ1n) is 7.44. The molecule has 0 saturated heterocycles. The Hall–Kier alpha value is -2.12. The highest BCUT2D eigenvalue weighted by atomic mass is 19.4. The van der Waals surface area contributed by atoms with Crippen molar-refractivity contribution in [3.05, 3.63) is 23.5 Å². The molecule has 1 aliphatic rings. The van der Waals surface area contributed by atoms with Gasteiger partial charge in [0.2, 0.25) is 0 Å². The van der Waals surface area contributed by atoms with E-state index in [0.29, 0.717) is 35.2 Å². The number of fused-ring (bicyclic) bond motifs is 1. The Balaban J connectivity index is 1.64. The maximum Gasteiger partial charge on any atom is 0.391 e. The molecule has 2 heterocycles. The van der Waals surface area contributed by atoms with Gasteiger partial charge in [0.05, 0.1) is 22.6 Å². The average Bonchev–Trinajstić information content (AvgIpc) is 2.88. The molecule has 5 nitrogen and oxygen atoms in total. The topological polar surface area (TPSA) is 68.0 Å². The third-order valence-electron chi connectivity index (χ3n) is 4.30. The number of carbonyl (C=O) groups is 1. The first kappa shape index (κ1) is 15.8. The highest BCUT2D eigenvalue weighted by Crippen LogP contribution is 2.37. The minimum absolute atomic E-state index is 0.0521. The van der Waals surface area contributed by atoms with Gasteiger partial charge < -0.3 is 9.84 Å². The Morgan fingerprint density at radius 2 is 2.00 bits per heavy atom. The second-order valence-electron chi connectivity index (χ2n) is 5.91. The Morgan fingerprint density at radius 3 is 2.65 bits per heavy atom. The van der Waals surface area contributed by atoms with Crippen molar-refractivity contribution in [3.8, 4) is 0 Å². The second kappa shape index (κ2) is 5.82. The fourth-order valence-corrected chi connectivity index (χ4v) is 2.90. The van der Waals surface area contributed by atoms with E-state index >= 15 is 0 Å². The highest BCUT2D eigenvalue weighted by molar-refractivity contribution is 5.97. The standard InChI is InChI=1S/C15H16F3N3O2/c1-8-12-6-9(7-19-14(12)23-21-8)13(22)20-11-4-2-10(3-5-11)15(16,17)18/h6-7,10-11H,2-5H2,1H3,(H,20,22). The molecule has 1 amide bonds. The van der Waals surface area contributed by atoms with Gasteiger partial charge in [-0.15, -0.1) is 0 Å². The zero-order valence-corrected chi connectivity index (χ0v) is 12.5. The molecule has 2 aromatic heterocycles. The van der Waals surface area contributed by atoms with Crippen LogP contribution in [0.4, 0.5) is 13.2 Å². The molecule has 1 saturated carbocycles. The number of aromatic nitrogens is 2. The molecule has 0 aromatic carbocycles. The zero-order valence-electron chi connectivity index (χ0n) is 12.5. The van der Waals surface area contributed by atoms with Crippen LogP contribution < -0.4 is 5.32 Å². The van der Waals surface area contributed by atoms with Crippen LogP contribution in [0.15, 0.2) is 16.8 Å². The molecule has 0 radical (unpaired) electrons. The van der Waals surface area contributed by atoms with Gasteiger partial charge >= 0.3 is 6.18 Å². The molecule has 3 rings (SSSR count). The van der Waals surface area contributed by atoms with E-state index in [1.807, 2.05) is 0 Å². The van der Waals surface area contributed by atoms with Crippen LogP contribution in [0.5, 0.6) is 0 Å². The van der Waals surface area contributed by atoms with Gasteiger partial charge in [0, 0.05) is 12.2 Å². The SMILES string of the molecule is Cc1noc2ncc(C(=O)NC3CCC(C(F)(F)F)CC3)cc12. The van der Waals surface area contributed by atoms with Gasteiger partial charge in [-0.05, 0) is 38.7 Å². The summed E-state index contributed by atoms with van der Waals surface area (Å²) in [6, 6.07) is 1.39. The van der Waals surface area contributed by atoms with Crippen LogP contribution in [0.2, 0.25) is 0 Å². The number of amides is 1. The molecular formula is C15H16F3N3O2. The number of nitrogens with zero attached hydrogens (tertiary/aromatic N) is 2. The molecule has 1 fully saturated rings. The highest BCUT2D eigenvalue weighted by Gasteiger charge is 2.41. The van der Waals surface area contributed by atoms with Gasteiger partial charge in [-0.25, -0.2) is 4.98 Å². The molecule has 1 N–H and O–H groups in total. The van der Waals surface area contributed by atoms with E-state index in [2.05, 4.69) is 15.5 Å².